The summed E-state index contributed by atoms with van der Waals surface area (Å²) in [6, 6.07) is 2.01. The minimum atomic E-state index is 0.662. The molecule has 1 N–H and O–H groups in total. The Balaban J connectivity index is 1.74. The summed E-state index contributed by atoms with van der Waals surface area (Å²) in [5.74, 6) is 0.662. The van der Waals surface area contributed by atoms with Crippen molar-refractivity contribution in [1.29, 1.82) is 0 Å². The molecule has 2 aromatic heterocycles. The topological polar surface area (TPSA) is 63.8 Å². The molecule has 0 saturated heterocycles. The number of pyridine rings is 1. The van der Waals surface area contributed by atoms with E-state index in [1.165, 1.54) is 17.5 Å². The molecule has 0 unspecified atom stereocenters. The van der Waals surface area contributed by atoms with Gasteiger partial charge in [-0.15, -0.1) is 0 Å². The first kappa shape index (κ1) is 10.8. The summed E-state index contributed by atoms with van der Waals surface area (Å²) in [5, 5.41) is 6.86. The zero-order valence-corrected chi connectivity index (χ0v) is 9.18. The van der Waals surface area contributed by atoms with Crippen molar-refractivity contribution < 1.29 is 4.52 Å². The number of rotatable bonds is 5. The van der Waals surface area contributed by atoms with Crippen molar-refractivity contribution >= 4 is 0 Å². The van der Waals surface area contributed by atoms with Crippen LogP contribution in [0.2, 0.25) is 0 Å². The van der Waals surface area contributed by atoms with Gasteiger partial charge in [0.1, 0.15) is 0 Å². The van der Waals surface area contributed by atoms with Gasteiger partial charge in [0.05, 0.1) is 0 Å². The van der Waals surface area contributed by atoms with Crippen LogP contribution in [-0.4, -0.2) is 21.7 Å². The summed E-state index contributed by atoms with van der Waals surface area (Å²) in [5.41, 5.74) is 2.47. The molecule has 16 heavy (non-hydrogen) atoms. The van der Waals surface area contributed by atoms with Crippen LogP contribution >= 0.6 is 0 Å². The first-order valence-electron chi connectivity index (χ1n) is 5.22. The van der Waals surface area contributed by atoms with Gasteiger partial charge in [0.15, 0.2) is 6.33 Å². The Kier molecular flexibility index (Phi) is 3.61. The zero-order valence-electron chi connectivity index (χ0n) is 9.18. The molecule has 5 nitrogen and oxygen atoms in total. The minimum Gasteiger partial charge on any atom is -0.340 e. The molecule has 0 amide bonds. The predicted molar refractivity (Wildman–Crippen MR) is 58.7 cm³/mol. The Labute approximate surface area is 93.9 Å². The molecular weight excluding hydrogens is 204 g/mol. The molecule has 0 fully saturated rings. The lowest BCUT2D eigenvalue weighted by Gasteiger charge is -2.05. The maximum atomic E-state index is 4.90. The summed E-state index contributed by atoms with van der Waals surface area (Å²) in [4.78, 5) is 8.04. The largest absolute Gasteiger partial charge is 0.340 e. The molecule has 0 aromatic carbocycles. The van der Waals surface area contributed by atoms with E-state index in [9.17, 15) is 0 Å². The fourth-order valence-corrected chi connectivity index (χ4v) is 1.41. The molecule has 0 atom stereocenters. The molecular formula is C11H14N4O. The van der Waals surface area contributed by atoms with Crippen molar-refractivity contribution in [3.8, 4) is 0 Å². The summed E-state index contributed by atoms with van der Waals surface area (Å²) in [6.45, 7) is 3.71. The highest BCUT2D eigenvalue weighted by atomic mass is 16.5. The Bertz CT molecular complexity index is 427. The van der Waals surface area contributed by atoms with Crippen LogP contribution in [-0.2, 0) is 13.0 Å². The van der Waals surface area contributed by atoms with Gasteiger partial charge in [-0.25, -0.2) is 0 Å². The third kappa shape index (κ3) is 2.87. The lowest BCUT2D eigenvalue weighted by Crippen LogP contribution is -2.17. The summed E-state index contributed by atoms with van der Waals surface area (Å²) >= 11 is 0. The van der Waals surface area contributed by atoms with Crippen LogP contribution in [0.25, 0.3) is 0 Å². The zero-order chi connectivity index (χ0) is 11.2. The van der Waals surface area contributed by atoms with E-state index in [1.807, 2.05) is 12.3 Å². The van der Waals surface area contributed by atoms with E-state index in [0.29, 0.717) is 5.89 Å². The van der Waals surface area contributed by atoms with Gasteiger partial charge in [-0.05, 0) is 24.1 Å². The van der Waals surface area contributed by atoms with Gasteiger partial charge in [0.25, 0.3) is 0 Å². The highest BCUT2D eigenvalue weighted by Crippen LogP contribution is 2.03. The van der Waals surface area contributed by atoms with Crippen LogP contribution < -0.4 is 5.32 Å². The molecule has 5 heteroatoms. The number of hydrogen-bond acceptors (Lipinski definition) is 5. The molecule has 0 radical (unpaired) electrons. The molecule has 0 bridgehead atoms. The Hall–Kier alpha value is -1.75. The van der Waals surface area contributed by atoms with Crippen molar-refractivity contribution in [2.45, 2.75) is 19.9 Å². The van der Waals surface area contributed by atoms with Crippen LogP contribution in [0, 0.1) is 6.92 Å². The number of nitrogens with zero attached hydrogens (tertiary/aromatic N) is 3. The highest BCUT2D eigenvalue weighted by Gasteiger charge is 1.99. The molecule has 0 spiro atoms. The normalized spacial score (nSPS) is 10.6. The van der Waals surface area contributed by atoms with Crippen molar-refractivity contribution in [2.24, 2.45) is 0 Å². The van der Waals surface area contributed by atoms with Gasteiger partial charge in [-0.1, -0.05) is 5.16 Å². The molecule has 0 aliphatic carbocycles. The lowest BCUT2D eigenvalue weighted by atomic mass is 10.1. The summed E-state index contributed by atoms with van der Waals surface area (Å²) in [7, 11) is 0. The highest BCUT2D eigenvalue weighted by molar-refractivity contribution is 5.20. The van der Waals surface area contributed by atoms with Crippen LogP contribution in [0.5, 0.6) is 0 Å². The second kappa shape index (κ2) is 5.37. The van der Waals surface area contributed by atoms with Crippen LogP contribution in [0.15, 0.2) is 29.3 Å². The van der Waals surface area contributed by atoms with E-state index < -0.39 is 0 Å². The van der Waals surface area contributed by atoms with Gasteiger partial charge in [-0.3, -0.25) is 4.98 Å². The Morgan fingerprint density at radius 1 is 1.44 bits per heavy atom. The predicted octanol–water partition coefficient (Wildman–Crippen LogP) is 1.11. The number of nitrogens with one attached hydrogen (secondary N) is 1. The van der Waals surface area contributed by atoms with E-state index in [1.54, 1.807) is 6.20 Å². The average molecular weight is 218 g/mol. The number of aryl methyl sites for hydroxylation is 1. The molecule has 0 aliphatic heterocycles. The van der Waals surface area contributed by atoms with Gasteiger partial charge in [0, 0.05) is 31.9 Å². The molecule has 2 aromatic rings. The SMILES string of the molecule is Cc1ccncc1CNCCc1ncno1. The third-order valence-electron chi connectivity index (χ3n) is 2.39. The quantitative estimate of drug-likeness (QED) is 0.761. The average Bonchev–Trinajstić information content (AvgIpc) is 2.79. The van der Waals surface area contributed by atoms with Gasteiger partial charge >= 0.3 is 0 Å². The number of hydrogen-bond donors (Lipinski definition) is 1. The van der Waals surface area contributed by atoms with Crippen LogP contribution in [0.4, 0.5) is 0 Å². The van der Waals surface area contributed by atoms with Gasteiger partial charge in [-0.2, -0.15) is 4.98 Å². The van der Waals surface area contributed by atoms with Gasteiger partial charge < -0.3 is 9.84 Å². The maximum Gasteiger partial charge on any atom is 0.227 e. The molecule has 0 saturated carbocycles. The van der Waals surface area contributed by atoms with E-state index in [4.69, 9.17) is 4.52 Å². The van der Waals surface area contributed by atoms with E-state index in [0.717, 1.165) is 19.5 Å². The van der Waals surface area contributed by atoms with Crippen molar-refractivity contribution in [1.82, 2.24) is 20.4 Å². The van der Waals surface area contributed by atoms with E-state index in [-0.39, 0.29) is 0 Å². The minimum absolute atomic E-state index is 0.662. The van der Waals surface area contributed by atoms with Crippen LogP contribution in [0.1, 0.15) is 17.0 Å². The summed E-state index contributed by atoms with van der Waals surface area (Å²) < 4.78 is 4.90. The fraction of sp³-hybridized carbons (Fsp3) is 0.364. The first-order chi connectivity index (χ1) is 7.86. The fourth-order valence-electron chi connectivity index (χ4n) is 1.41. The third-order valence-corrected chi connectivity index (χ3v) is 2.39. The van der Waals surface area contributed by atoms with Crippen molar-refractivity contribution in [2.75, 3.05) is 6.54 Å². The Morgan fingerprint density at radius 2 is 2.38 bits per heavy atom. The second-order valence-corrected chi connectivity index (χ2v) is 3.56. The Morgan fingerprint density at radius 3 is 3.12 bits per heavy atom. The van der Waals surface area contributed by atoms with Crippen molar-refractivity contribution in [3.05, 3.63) is 41.8 Å². The van der Waals surface area contributed by atoms with Crippen LogP contribution in [0.3, 0.4) is 0 Å². The smallest absolute Gasteiger partial charge is 0.227 e. The molecule has 84 valence electrons. The van der Waals surface area contributed by atoms with E-state index in [2.05, 4.69) is 27.4 Å². The summed E-state index contributed by atoms with van der Waals surface area (Å²) in [6.07, 6.45) is 5.85. The lowest BCUT2D eigenvalue weighted by molar-refractivity contribution is 0.375. The first-order valence-corrected chi connectivity index (χ1v) is 5.22. The maximum absolute atomic E-state index is 4.90. The monoisotopic (exact) mass is 218 g/mol. The van der Waals surface area contributed by atoms with E-state index >= 15 is 0 Å². The molecule has 0 aliphatic rings. The standard InChI is InChI=1S/C11H14N4O/c1-9-2-4-12-6-10(9)7-13-5-3-11-14-8-15-16-11/h2,4,6,8,13H,3,5,7H2,1H3. The van der Waals surface area contributed by atoms with Gasteiger partial charge in [0.2, 0.25) is 5.89 Å². The second-order valence-electron chi connectivity index (χ2n) is 3.56. The molecule has 2 rings (SSSR count). The molecule has 2 heterocycles. The number of aromatic nitrogens is 3. The van der Waals surface area contributed by atoms with Crippen molar-refractivity contribution in [3.63, 3.8) is 0 Å².